The van der Waals surface area contributed by atoms with Crippen LogP contribution in [0.2, 0.25) is 24.7 Å². The van der Waals surface area contributed by atoms with Gasteiger partial charge >= 0.3 is 0 Å². The highest BCUT2D eigenvalue weighted by molar-refractivity contribution is 9.10. The van der Waals surface area contributed by atoms with E-state index >= 15 is 0 Å². The third kappa shape index (κ3) is 5.33. The van der Waals surface area contributed by atoms with Gasteiger partial charge in [0.2, 0.25) is 0 Å². The molecule has 0 aliphatic carbocycles. The fourth-order valence-electron chi connectivity index (χ4n) is 2.90. The molecule has 140 valence electrons. The van der Waals surface area contributed by atoms with Crippen LogP contribution >= 0.6 is 27.5 Å². The van der Waals surface area contributed by atoms with Gasteiger partial charge in [0.05, 0.1) is 19.3 Å². The molecule has 6 heteroatoms. The lowest BCUT2D eigenvalue weighted by Crippen LogP contribution is -2.28. The van der Waals surface area contributed by atoms with E-state index in [2.05, 4.69) is 47.7 Å². The van der Waals surface area contributed by atoms with Crippen molar-refractivity contribution < 1.29 is 13.9 Å². The number of halogens is 2. The van der Waals surface area contributed by atoms with Crippen LogP contribution in [0.1, 0.15) is 23.7 Å². The third-order valence-corrected chi connectivity index (χ3v) is 5.87. The molecule has 1 saturated heterocycles. The average molecular weight is 456 g/mol. The van der Waals surface area contributed by atoms with Crippen LogP contribution in [0.3, 0.4) is 0 Å². The van der Waals surface area contributed by atoms with E-state index in [9.17, 15) is 0 Å². The summed E-state index contributed by atoms with van der Waals surface area (Å²) in [4.78, 5) is 0. The van der Waals surface area contributed by atoms with Crippen molar-refractivity contribution in [1.29, 1.82) is 0 Å². The Labute approximate surface area is 169 Å². The van der Waals surface area contributed by atoms with Gasteiger partial charge in [-0.05, 0) is 55.5 Å². The molecule has 2 aromatic carbocycles. The topological polar surface area (TPSA) is 27.7 Å². The van der Waals surface area contributed by atoms with Gasteiger partial charge in [-0.1, -0.05) is 39.7 Å². The Morgan fingerprint density at radius 3 is 2.50 bits per heavy atom. The van der Waals surface area contributed by atoms with Crippen molar-refractivity contribution in [2.75, 3.05) is 13.2 Å². The molecule has 1 aliphatic heterocycles. The zero-order valence-corrected chi connectivity index (χ0v) is 18.6. The van der Waals surface area contributed by atoms with E-state index in [1.165, 1.54) is 0 Å². The van der Waals surface area contributed by atoms with Gasteiger partial charge in [-0.25, -0.2) is 0 Å². The Morgan fingerprint density at radius 2 is 1.88 bits per heavy atom. The van der Waals surface area contributed by atoms with Crippen LogP contribution in [-0.2, 0) is 9.16 Å². The first-order valence-electron chi connectivity index (χ1n) is 8.79. The molecule has 2 aromatic rings. The second-order valence-corrected chi connectivity index (χ2v) is 13.2. The van der Waals surface area contributed by atoms with Gasteiger partial charge in [-0.3, -0.25) is 0 Å². The number of hydrogen-bond acceptors (Lipinski definition) is 3. The lowest BCUT2D eigenvalue weighted by Gasteiger charge is -2.28. The Kier molecular flexibility index (Phi) is 6.46. The maximum absolute atomic E-state index is 6.49. The maximum Gasteiger partial charge on any atom is 0.185 e. The van der Waals surface area contributed by atoms with Crippen molar-refractivity contribution in [2.24, 2.45) is 0 Å². The van der Waals surface area contributed by atoms with E-state index in [-0.39, 0.29) is 12.2 Å². The molecule has 2 atom stereocenters. The van der Waals surface area contributed by atoms with Gasteiger partial charge < -0.3 is 13.9 Å². The third-order valence-electron chi connectivity index (χ3n) is 4.09. The average Bonchev–Trinajstić information content (AvgIpc) is 3.08. The van der Waals surface area contributed by atoms with Gasteiger partial charge in [0.15, 0.2) is 8.32 Å². The maximum atomic E-state index is 6.49. The first-order chi connectivity index (χ1) is 12.3. The molecule has 2 unspecified atom stereocenters. The van der Waals surface area contributed by atoms with Gasteiger partial charge in [0.1, 0.15) is 11.9 Å². The minimum atomic E-state index is -1.79. The van der Waals surface area contributed by atoms with E-state index < -0.39 is 8.32 Å². The molecule has 1 fully saturated rings. The summed E-state index contributed by atoms with van der Waals surface area (Å²) >= 11 is 10.0. The molecule has 1 heterocycles. The van der Waals surface area contributed by atoms with Crippen LogP contribution in [-0.4, -0.2) is 27.6 Å². The van der Waals surface area contributed by atoms with Crippen LogP contribution in [0.4, 0.5) is 0 Å². The Hall–Kier alpha value is -0.853. The number of hydrogen-bond donors (Lipinski definition) is 0. The monoisotopic (exact) mass is 454 g/mol. The van der Waals surface area contributed by atoms with Crippen LogP contribution < -0.4 is 4.74 Å². The molecule has 3 rings (SSSR count). The fraction of sp³-hybridized carbons (Fsp3) is 0.400. The summed E-state index contributed by atoms with van der Waals surface area (Å²) in [7, 11) is -1.79. The molecule has 0 saturated carbocycles. The zero-order chi connectivity index (χ0) is 18.7. The minimum absolute atomic E-state index is 0.148. The summed E-state index contributed by atoms with van der Waals surface area (Å²) in [6.45, 7) is 7.99. The predicted molar refractivity (Wildman–Crippen MR) is 112 cm³/mol. The minimum Gasteiger partial charge on any atom is -0.488 e. The first kappa shape index (κ1) is 19.9. The number of benzene rings is 2. The lowest BCUT2D eigenvalue weighted by atomic mass is 10.0. The highest BCUT2D eigenvalue weighted by Gasteiger charge is 2.26. The smallest absolute Gasteiger partial charge is 0.185 e. The van der Waals surface area contributed by atoms with Crippen LogP contribution in [0.25, 0.3) is 0 Å². The molecule has 0 bridgehead atoms. The summed E-state index contributed by atoms with van der Waals surface area (Å²) < 4.78 is 18.8. The summed E-state index contributed by atoms with van der Waals surface area (Å²) in [6.07, 6.45) is 0.890. The lowest BCUT2D eigenvalue weighted by molar-refractivity contribution is 0.141. The summed E-state index contributed by atoms with van der Waals surface area (Å²) in [5.74, 6) is 0.858. The molecule has 0 amide bonds. The largest absolute Gasteiger partial charge is 0.488 e. The van der Waals surface area contributed by atoms with E-state index in [1.54, 1.807) is 0 Å². The second kappa shape index (κ2) is 8.44. The molecular weight excluding hydrogens is 432 g/mol. The van der Waals surface area contributed by atoms with Crippen molar-refractivity contribution in [3.63, 3.8) is 0 Å². The molecule has 0 radical (unpaired) electrons. The Morgan fingerprint density at radius 1 is 1.15 bits per heavy atom. The Balaban J connectivity index is 1.87. The van der Waals surface area contributed by atoms with E-state index in [0.29, 0.717) is 11.6 Å². The standard InChI is InChI=1S/C20H24BrClO3Si/c1-26(2,3)25-20(18-12-15(21)6-9-19(18)22)14-4-7-16(8-5-14)24-17-10-11-23-13-17/h4-9,12,17,20H,10-11,13H2,1-3H3. The van der Waals surface area contributed by atoms with Crippen molar-refractivity contribution in [2.45, 2.75) is 38.3 Å². The first-order valence-corrected chi connectivity index (χ1v) is 13.4. The van der Waals surface area contributed by atoms with Gasteiger partial charge in [-0.2, -0.15) is 0 Å². The quantitative estimate of drug-likeness (QED) is 0.484. The molecule has 0 spiro atoms. The molecule has 0 aromatic heterocycles. The molecule has 0 N–H and O–H groups in total. The molecular formula is C20H24BrClO3Si. The highest BCUT2D eigenvalue weighted by atomic mass is 79.9. The van der Waals surface area contributed by atoms with E-state index in [0.717, 1.165) is 34.4 Å². The number of ether oxygens (including phenoxy) is 2. The zero-order valence-electron chi connectivity index (χ0n) is 15.3. The van der Waals surface area contributed by atoms with Gasteiger partial charge in [-0.15, -0.1) is 0 Å². The Bertz CT molecular complexity index is 740. The highest BCUT2D eigenvalue weighted by Crippen LogP contribution is 2.36. The van der Waals surface area contributed by atoms with Gasteiger partial charge in [0, 0.05) is 21.5 Å². The predicted octanol–water partition coefficient (Wildman–Crippen LogP) is 6.21. The van der Waals surface area contributed by atoms with Crippen molar-refractivity contribution in [3.05, 3.63) is 63.1 Å². The summed E-state index contributed by atoms with van der Waals surface area (Å²) in [5, 5.41) is 0.708. The SMILES string of the molecule is C[Si](C)(C)OC(c1ccc(OC2CCOC2)cc1)c1cc(Br)ccc1Cl. The molecule has 3 nitrogen and oxygen atoms in total. The van der Waals surface area contributed by atoms with Gasteiger partial charge in [0.25, 0.3) is 0 Å². The second-order valence-electron chi connectivity index (χ2n) is 7.45. The van der Waals surface area contributed by atoms with Crippen molar-refractivity contribution >= 4 is 35.8 Å². The van der Waals surface area contributed by atoms with Crippen LogP contribution in [0.5, 0.6) is 5.75 Å². The van der Waals surface area contributed by atoms with E-state index in [1.807, 2.05) is 30.3 Å². The van der Waals surface area contributed by atoms with Crippen LogP contribution in [0, 0.1) is 0 Å². The van der Waals surface area contributed by atoms with Crippen LogP contribution in [0.15, 0.2) is 46.9 Å². The normalized spacial score (nSPS) is 18.7. The summed E-state index contributed by atoms with van der Waals surface area (Å²) in [6, 6.07) is 14.0. The van der Waals surface area contributed by atoms with Crippen molar-refractivity contribution in [1.82, 2.24) is 0 Å². The van der Waals surface area contributed by atoms with Crippen molar-refractivity contribution in [3.8, 4) is 5.75 Å². The molecule has 26 heavy (non-hydrogen) atoms. The fourth-order valence-corrected chi connectivity index (χ4v) is 4.47. The van der Waals surface area contributed by atoms with E-state index in [4.69, 9.17) is 25.5 Å². The molecule has 1 aliphatic rings. The number of rotatable bonds is 6. The summed E-state index contributed by atoms with van der Waals surface area (Å²) in [5.41, 5.74) is 2.05.